The highest BCUT2D eigenvalue weighted by Gasteiger charge is 2.46. The zero-order valence-corrected chi connectivity index (χ0v) is 11.6. The van der Waals surface area contributed by atoms with Gasteiger partial charge in [-0.3, -0.25) is 19.3 Å². The van der Waals surface area contributed by atoms with Crippen LogP contribution >= 0.6 is 0 Å². The molecule has 8 heteroatoms. The highest BCUT2D eigenvalue weighted by atomic mass is 16.4. The maximum absolute atomic E-state index is 12.0. The van der Waals surface area contributed by atoms with Crippen molar-refractivity contribution in [1.82, 2.24) is 15.5 Å². The van der Waals surface area contributed by atoms with Crippen molar-refractivity contribution in [2.24, 2.45) is 0 Å². The lowest BCUT2D eigenvalue weighted by atomic mass is 9.99. The quantitative estimate of drug-likeness (QED) is 0.438. The number of nitrogens with zero attached hydrogens (tertiary/aromatic N) is 1. The number of aliphatic carboxylic acids is 1. The van der Waals surface area contributed by atoms with Crippen LogP contribution in [0.4, 0.5) is 4.79 Å². The van der Waals surface area contributed by atoms with Crippen molar-refractivity contribution in [2.75, 3.05) is 13.1 Å². The number of carbonyl (C=O) groups is 4. The Kier molecular flexibility index (Phi) is 5.06. The fourth-order valence-electron chi connectivity index (χ4n) is 1.80. The molecule has 0 saturated carbocycles. The van der Waals surface area contributed by atoms with Gasteiger partial charge >= 0.3 is 12.0 Å². The molecule has 1 fully saturated rings. The number of urea groups is 1. The van der Waals surface area contributed by atoms with Crippen LogP contribution in [0.1, 0.15) is 33.1 Å². The van der Waals surface area contributed by atoms with Crippen LogP contribution in [-0.2, 0) is 14.4 Å². The highest BCUT2D eigenvalue weighted by Crippen LogP contribution is 2.20. The Morgan fingerprint density at radius 2 is 2.05 bits per heavy atom. The largest absolute Gasteiger partial charge is 0.481 e. The third kappa shape index (κ3) is 3.69. The summed E-state index contributed by atoms with van der Waals surface area (Å²) in [7, 11) is 0. The minimum Gasteiger partial charge on any atom is -0.481 e. The minimum absolute atomic E-state index is 0.0443. The summed E-state index contributed by atoms with van der Waals surface area (Å²) in [5.74, 6) is -1.85. The Labute approximate surface area is 116 Å². The van der Waals surface area contributed by atoms with E-state index < -0.39 is 29.4 Å². The van der Waals surface area contributed by atoms with Crippen LogP contribution in [0.15, 0.2) is 0 Å². The first-order chi connectivity index (χ1) is 9.30. The van der Waals surface area contributed by atoms with Gasteiger partial charge in [-0.15, -0.1) is 0 Å². The number of nitrogens with one attached hydrogen (secondary N) is 2. The van der Waals surface area contributed by atoms with Crippen LogP contribution in [0, 0.1) is 0 Å². The molecular formula is C12H19N3O5. The summed E-state index contributed by atoms with van der Waals surface area (Å²) < 4.78 is 0. The first-order valence-electron chi connectivity index (χ1n) is 6.42. The SMILES string of the molecule is CCC1(C)NC(=O)N(CC(=O)NCCCC(=O)O)C1=O. The van der Waals surface area contributed by atoms with Gasteiger partial charge in [0.1, 0.15) is 12.1 Å². The van der Waals surface area contributed by atoms with Crippen LogP contribution in [0.5, 0.6) is 0 Å². The molecule has 0 spiro atoms. The Balaban J connectivity index is 2.44. The molecule has 1 aliphatic rings. The molecule has 1 aliphatic heterocycles. The molecule has 0 bridgehead atoms. The molecule has 1 heterocycles. The van der Waals surface area contributed by atoms with Crippen molar-refractivity contribution in [3.05, 3.63) is 0 Å². The van der Waals surface area contributed by atoms with E-state index in [0.717, 1.165) is 4.90 Å². The fourth-order valence-corrected chi connectivity index (χ4v) is 1.80. The molecule has 8 nitrogen and oxygen atoms in total. The summed E-state index contributed by atoms with van der Waals surface area (Å²) in [5, 5.41) is 13.5. The number of carbonyl (C=O) groups excluding carboxylic acids is 3. The van der Waals surface area contributed by atoms with Crippen molar-refractivity contribution in [1.29, 1.82) is 0 Å². The second-order valence-corrected chi connectivity index (χ2v) is 4.85. The zero-order chi connectivity index (χ0) is 15.3. The maximum Gasteiger partial charge on any atom is 0.325 e. The van der Waals surface area contributed by atoms with Crippen molar-refractivity contribution < 1.29 is 24.3 Å². The first-order valence-corrected chi connectivity index (χ1v) is 6.42. The Bertz CT molecular complexity index is 437. The Morgan fingerprint density at radius 3 is 2.55 bits per heavy atom. The maximum atomic E-state index is 12.0. The van der Waals surface area contributed by atoms with Gasteiger partial charge < -0.3 is 15.7 Å². The third-order valence-electron chi connectivity index (χ3n) is 3.24. The van der Waals surface area contributed by atoms with Gasteiger partial charge in [0.05, 0.1) is 0 Å². The topological polar surface area (TPSA) is 116 Å². The van der Waals surface area contributed by atoms with Crippen LogP contribution in [-0.4, -0.2) is 52.4 Å². The van der Waals surface area contributed by atoms with Gasteiger partial charge in [0, 0.05) is 13.0 Å². The van der Waals surface area contributed by atoms with E-state index in [2.05, 4.69) is 10.6 Å². The first kappa shape index (κ1) is 15.9. The summed E-state index contributed by atoms with van der Waals surface area (Å²) in [5.41, 5.74) is -0.958. The van der Waals surface area contributed by atoms with Crippen LogP contribution in [0.25, 0.3) is 0 Å². The lowest BCUT2D eigenvalue weighted by Crippen LogP contribution is -2.44. The predicted octanol–water partition coefficient (Wildman–Crippen LogP) is -0.312. The van der Waals surface area contributed by atoms with Crippen LogP contribution in [0.2, 0.25) is 0 Å². The van der Waals surface area contributed by atoms with E-state index in [1.54, 1.807) is 13.8 Å². The Morgan fingerprint density at radius 1 is 1.40 bits per heavy atom. The molecule has 0 aliphatic carbocycles. The summed E-state index contributed by atoms with van der Waals surface area (Å²) in [6.45, 7) is 3.22. The molecule has 0 aromatic rings. The van der Waals surface area contributed by atoms with E-state index in [1.807, 2.05) is 0 Å². The molecule has 1 rings (SSSR count). The van der Waals surface area contributed by atoms with Gasteiger partial charge in [-0.2, -0.15) is 0 Å². The molecule has 0 aromatic carbocycles. The second kappa shape index (κ2) is 6.36. The number of rotatable bonds is 7. The molecule has 0 radical (unpaired) electrons. The number of hydrogen-bond donors (Lipinski definition) is 3. The molecule has 1 saturated heterocycles. The lowest BCUT2D eigenvalue weighted by molar-refractivity contribution is -0.137. The van der Waals surface area contributed by atoms with Gasteiger partial charge in [0.15, 0.2) is 0 Å². The molecule has 112 valence electrons. The van der Waals surface area contributed by atoms with Gasteiger partial charge in [-0.05, 0) is 19.8 Å². The third-order valence-corrected chi connectivity index (χ3v) is 3.24. The van der Waals surface area contributed by atoms with Crippen molar-refractivity contribution in [2.45, 2.75) is 38.6 Å². The van der Waals surface area contributed by atoms with Crippen molar-refractivity contribution >= 4 is 23.8 Å². The molecule has 1 atom stereocenters. The standard InChI is InChI=1S/C12H19N3O5/c1-3-12(2)10(19)15(11(20)14-12)7-8(16)13-6-4-5-9(17)18/h3-7H2,1-2H3,(H,13,16)(H,14,20)(H,17,18). The van der Waals surface area contributed by atoms with E-state index in [9.17, 15) is 19.2 Å². The van der Waals surface area contributed by atoms with E-state index in [4.69, 9.17) is 5.11 Å². The molecule has 0 aromatic heterocycles. The summed E-state index contributed by atoms with van der Waals surface area (Å²) in [4.78, 5) is 46.4. The molecule has 1 unspecified atom stereocenters. The normalized spacial score (nSPS) is 21.8. The highest BCUT2D eigenvalue weighted by molar-refractivity contribution is 6.08. The van der Waals surface area contributed by atoms with Crippen LogP contribution in [0.3, 0.4) is 0 Å². The molecule has 20 heavy (non-hydrogen) atoms. The van der Waals surface area contributed by atoms with E-state index >= 15 is 0 Å². The summed E-state index contributed by atoms with van der Waals surface area (Å²) >= 11 is 0. The molecule has 3 N–H and O–H groups in total. The number of hydrogen-bond acceptors (Lipinski definition) is 4. The van der Waals surface area contributed by atoms with Gasteiger partial charge in [0.25, 0.3) is 5.91 Å². The average Bonchev–Trinajstić information content (AvgIpc) is 2.59. The smallest absolute Gasteiger partial charge is 0.325 e. The van der Waals surface area contributed by atoms with Gasteiger partial charge in [-0.25, -0.2) is 4.79 Å². The molecular weight excluding hydrogens is 266 g/mol. The van der Waals surface area contributed by atoms with E-state index in [1.165, 1.54) is 0 Å². The predicted molar refractivity (Wildman–Crippen MR) is 68.8 cm³/mol. The average molecular weight is 285 g/mol. The van der Waals surface area contributed by atoms with Gasteiger partial charge in [0.2, 0.25) is 5.91 Å². The summed E-state index contributed by atoms with van der Waals surface area (Å²) in [6, 6.07) is -0.583. The number of amides is 4. The number of imide groups is 1. The monoisotopic (exact) mass is 285 g/mol. The van der Waals surface area contributed by atoms with Gasteiger partial charge in [-0.1, -0.05) is 6.92 Å². The Hall–Kier alpha value is -2.12. The second-order valence-electron chi connectivity index (χ2n) is 4.85. The number of carboxylic acid groups (broad SMARTS) is 1. The van der Waals surface area contributed by atoms with Crippen LogP contribution < -0.4 is 10.6 Å². The lowest BCUT2D eigenvalue weighted by Gasteiger charge is -2.19. The fraction of sp³-hybridized carbons (Fsp3) is 0.667. The minimum atomic E-state index is -0.958. The summed E-state index contributed by atoms with van der Waals surface area (Å²) in [6.07, 6.45) is 0.694. The van der Waals surface area contributed by atoms with E-state index in [0.29, 0.717) is 12.8 Å². The van der Waals surface area contributed by atoms with Crippen molar-refractivity contribution in [3.63, 3.8) is 0 Å². The zero-order valence-electron chi connectivity index (χ0n) is 11.6. The van der Waals surface area contributed by atoms with Crippen molar-refractivity contribution in [3.8, 4) is 0 Å². The van der Waals surface area contributed by atoms with E-state index in [-0.39, 0.29) is 19.5 Å². The number of carboxylic acids is 1. The molecule has 4 amide bonds.